The first kappa shape index (κ1) is 18.1. The summed E-state index contributed by atoms with van der Waals surface area (Å²) in [7, 11) is -3.40. The summed E-state index contributed by atoms with van der Waals surface area (Å²) >= 11 is 0. The van der Waals surface area contributed by atoms with Crippen molar-refractivity contribution in [1.29, 1.82) is 0 Å². The summed E-state index contributed by atoms with van der Waals surface area (Å²) in [5, 5.41) is 3.32. The third-order valence-corrected chi connectivity index (χ3v) is 5.11. The Hall–Kier alpha value is -0.910. The quantitative estimate of drug-likeness (QED) is 0.653. The van der Waals surface area contributed by atoms with Gasteiger partial charge >= 0.3 is 0 Å². The fourth-order valence-electron chi connectivity index (χ4n) is 2.20. The van der Waals surface area contributed by atoms with Crippen LogP contribution in [0.15, 0.2) is 23.1 Å². The number of unbranched alkanes of at least 4 members (excludes halogenated alkanes) is 2. The smallest absolute Gasteiger partial charge is 0.240 e. The van der Waals surface area contributed by atoms with Crippen LogP contribution >= 0.6 is 0 Å². The summed E-state index contributed by atoms with van der Waals surface area (Å²) in [5.74, 6) is 0. The average Bonchev–Trinajstić information content (AvgIpc) is 2.45. The van der Waals surface area contributed by atoms with E-state index in [2.05, 4.69) is 23.9 Å². The zero-order valence-corrected chi connectivity index (χ0v) is 14.2. The Morgan fingerprint density at radius 1 is 1.05 bits per heavy atom. The maximum Gasteiger partial charge on any atom is 0.240 e. The Labute approximate surface area is 129 Å². The lowest BCUT2D eigenvalue weighted by atomic mass is 10.1. The van der Waals surface area contributed by atoms with Crippen molar-refractivity contribution in [3.8, 4) is 0 Å². The van der Waals surface area contributed by atoms with Crippen LogP contribution in [0.1, 0.15) is 50.7 Å². The van der Waals surface area contributed by atoms with Gasteiger partial charge in [-0.05, 0) is 43.5 Å². The van der Waals surface area contributed by atoms with Crippen LogP contribution in [0.3, 0.4) is 0 Å². The molecule has 5 heteroatoms. The molecule has 4 nitrogen and oxygen atoms in total. The van der Waals surface area contributed by atoms with Crippen molar-refractivity contribution in [3.05, 3.63) is 29.3 Å². The predicted octanol–water partition coefficient (Wildman–Crippen LogP) is 2.96. The molecule has 120 valence electrons. The molecular formula is C16H28N2O2S. The zero-order valence-electron chi connectivity index (χ0n) is 13.4. The first-order chi connectivity index (χ1) is 10.0. The van der Waals surface area contributed by atoms with E-state index in [0.717, 1.165) is 43.4 Å². The van der Waals surface area contributed by atoms with E-state index in [4.69, 9.17) is 0 Å². The van der Waals surface area contributed by atoms with Gasteiger partial charge in [0.05, 0.1) is 4.90 Å². The monoisotopic (exact) mass is 312 g/mol. The minimum absolute atomic E-state index is 0.398. The van der Waals surface area contributed by atoms with Gasteiger partial charge in [0.15, 0.2) is 0 Å². The largest absolute Gasteiger partial charge is 0.313 e. The Morgan fingerprint density at radius 2 is 1.81 bits per heavy atom. The second kappa shape index (κ2) is 9.18. The number of hydrogen-bond donors (Lipinski definition) is 2. The Kier molecular flexibility index (Phi) is 7.93. The van der Waals surface area contributed by atoms with E-state index in [0.29, 0.717) is 18.0 Å². The van der Waals surface area contributed by atoms with Crippen LogP contribution in [0.4, 0.5) is 0 Å². The van der Waals surface area contributed by atoms with Gasteiger partial charge in [-0.1, -0.05) is 38.8 Å². The maximum absolute atomic E-state index is 12.4. The Bertz CT molecular complexity index is 527. The molecule has 0 aromatic heterocycles. The van der Waals surface area contributed by atoms with E-state index in [1.54, 1.807) is 6.07 Å². The number of sulfonamides is 1. The van der Waals surface area contributed by atoms with Gasteiger partial charge in [-0.3, -0.25) is 0 Å². The van der Waals surface area contributed by atoms with Gasteiger partial charge in [-0.2, -0.15) is 0 Å². The van der Waals surface area contributed by atoms with Gasteiger partial charge in [0.1, 0.15) is 0 Å². The summed E-state index contributed by atoms with van der Waals surface area (Å²) in [6.07, 6.45) is 4.07. The van der Waals surface area contributed by atoms with Gasteiger partial charge in [-0.15, -0.1) is 0 Å². The molecule has 1 aromatic rings. The van der Waals surface area contributed by atoms with Crippen LogP contribution in [0, 0.1) is 6.92 Å². The van der Waals surface area contributed by atoms with Crippen molar-refractivity contribution in [2.45, 2.75) is 57.9 Å². The van der Waals surface area contributed by atoms with E-state index in [-0.39, 0.29) is 0 Å². The maximum atomic E-state index is 12.4. The third kappa shape index (κ3) is 5.77. The molecule has 1 rings (SSSR count). The molecular weight excluding hydrogens is 284 g/mol. The summed E-state index contributed by atoms with van der Waals surface area (Å²) in [6, 6.07) is 5.48. The van der Waals surface area contributed by atoms with Crippen molar-refractivity contribution < 1.29 is 8.42 Å². The molecule has 2 N–H and O–H groups in total. The molecule has 0 fully saturated rings. The Morgan fingerprint density at radius 3 is 2.48 bits per heavy atom. The number of rotatable bonds is 10. The molecule has 0 heterocycles. The molecule has 21 heavy (non-hydrogen) atoms. The average molecular weight is 312 g/mol. The van der Waals surface area contributed by atoms with Crippen LogP contribution in [-0.2, 0) is 16.6 Å². The summed E-state index contributed by atoms with van der Waals surface area (Å²) < 4.78 is 27.4. The number of hydrogen-bond acceptors (Lipinski definition) is 3. The molecule has 0 saturated carbocycles. The van der Waals surface area contributed by atoms with Crippen molar-refractivity contribution in [3.63, 3.8) is 0 Å². The van der Waals surface area contributed by atoms with Gasteiger partial charge in [0, 0.05) is 13.1 Å². The highest BCUT2D eigenvalue weighted by molar-refractivity contribution is 7.89. The van der Waals surface area contributed by atoms with Crippen molar-refractivity contribution in [2.75, 3.05) is 13.1 Å². The van der Waals surface area contributed by atoms with Crippen LogP contribution in [0.5, 0.6) is 0 Å². The minimum atomic E-state index is -3.40. The van der Waals surface area contributed by atoms with Crippen LogP contribution in [0.25, 0.3) is 0 Å². The molecule has 1 aromatic carbocycles. The second-order valence-electron chi connectivity index (χ2n) is 5.32. The summed E-state index contributed by atoms with van der Waals surface area (Å²) in [6.45, 7) is 8.24. The second-order valence-corrected chi connectivity index (χ2v) is 7.06. The van der Waals surface area contributed by atoms with E-state index in [1.165, 1.54) is 0 Å². The van der Waals surface area contributed by atoms with Gasteiger partial charge < -0.3 is 5.32 Å². The van der Waals surface area contributed by atoms with Crippen LogP contribution in [0.2, 0.25) is 0 Å². The van der Waals surface area contributed by atoms with Crippen molar-refractivity contribution in [2.24, 2.45) is 0 Å². The number of benzene rings is 1. The molecule has 0 atom stereocenters. The SMILES string of the molecule is CCCCCNS(=O)(=O)c1cccc(CNCCC)c1C. The van der Waals surface area contributed by atoms with Gasteiger partial charge in [-0.25, -0.2) is 13.1 Å². The zero-order chi connectivity index (χ0) is 15.7. The Balaban J connectivity index is 2.79. The lowest BCUT2D eigenvalue weighted by Crippen LogP contribution is -2.26. The summed E-state index contributed by atoms with van der Waals surface area (Å²) in [5.41, 5.74) is 1.88. The minimum Gasteiger partial charge on any atom is -0.313 e. The van der Waals surface area contributed by atoms with Crippen molar-refractivity contribution in [1.82, 2.24) is 10.0 Å². The van der Waals surface area contributed by atoms with Crippen LogP contribution in [-0.4, -0.2) is 21.5 Å². The molecule has 0 aliphatic rings. The fraction of sp³-hybridized carbons (Fsp3) is 0.625. The molecule has 0 bridgehead atoms. The van der Waals surface area contributed by atoms with Gasteiger partial charge in [0.25, 0.3) is 0 Å². The molecule has 0 amide bonds. The fourth-order valence-corrected chi connectivity index (χ4v) is 3.56. The molecule has 0 aliphatic carbocycles. The third-order valence-electron chi connectivity index (χ3n) is 3.50. The highest BCUT2D eigenvalue weighted by atomic mass is 32.2. The van der Waals surface area contributed by atoms with E-state index >= 15 is 0 Å². The molecule has 0 aliphatic heterocycles. The lowest BCUT2D eigenvalue weighted by molar-refractivity contribution is 0.575. The predicted molar refractivity (Wildman–Crippen MR) is 87.9 cm³/mol. The standard InChI is InChI=1S/C16H28N2O2S/c1-4-6-7-12-18-21(19,20)16-10-8-9-15(14(16)3)13-17-11-5-2/h8-10,17-18H,4-7,11-13H2,1-3H3. The van der Waals surface area contributed by atoms with E-state index in [1.807, 2.05) is 19.1 Å². The molecule has 0 saturated heterocycles. The highest BCUT2D eigenvalue weighted by Crippen LogP contribution is 2.18. The van der Waals surface area contributed by atoms with Crippen LogP contribution < -0.4 is 10.0 Å². The van der Waals surface area contributed by atoms with Gasteiger partial charge in [0.2, 0.25) is 10.0 Å². The lowest BCUT2D eigenvalue weighted by Gasteiger charge is -2.13. The molecule has 0 unspecified atom stereocenters. The number of nitrogens with one attached hydrogen (secondary N) is 2. The first-order valence-corrected chi connectivity index (χ1v) is 9.30. The first-order valence-electron chi connectivity index (χ1n) is 7.81. The summed E-state index contributed by atoms with van der Waals surface area (Å²) in [4.78, 5) is 0.398. The normalized spacial score (nSPS) is 11.8. The topological polar surface area (TPSA) is 58.2 Å². The van der Waals surface area contributed by atoms with E-state index in [9.17, 15) is 8.42 Å². The molecule has 0 radical (unpaired) electrons. The van der Waals surface area contributed by atoms with Crippen molar-refractivity contribution >= 4 is 10.0 Å². The highest BCUT2D eigenvalue weighted by Gasteiger charge is 2.17. The molecule has 0 spiro atoms. The van der Waals surface area contributed by atoms with E-state index < -0.39 is 10.0 Å².